The highest BCUT2D eigenvalue weighted by atomic mass is 16.1. The number of H-pyrrole nitrogens is 1. The number of hydrogen-bond acceptors (Lipinski definition) is 5. The summed E-state index contributed by atoms with van der Waals surface area (Å²) in [6.07, 6.45) is 0. The number of nitrogens with zero attached hydrogens (tertiary/aromatic N) is 4. The quantitative estimate of drug-likeness (QED) is 0.801. The summed E-state index contributed by atoms with van der Waals surface area (Å²) in [5.41, 5.74) is 6.00. The summed E-state index contributed by atoms with van der Waals surface area (Å²) < 4.78 is 1.46. The molecule has 0 fully saturated rings. The van der Waals surface area contributed by atoms with Crippen LogP contribution in [0, 0.1) is 12.8 Å². The number of nitrogens with two attached hydrogens (primary N) is 1. The van der Waals surface area contributed by atoms with Crippen molar-refractivity contribution in [1.82, 2.24) is 19.6 Å². The molecule has 2 aromatic rings. The molecule has 0 bridgehead atoms. The SMILES string of the molecule is CCN(CC(C)CN)c1cc2n[nH]c(=O)n2c(C)n1. The van der Waals surface area contributed by atoms with Gasteiger partial charge < -0.3 is 10.6 Å². The summed E-state index contributed by atoms with van der Waals surface area (Å²) in [6, 6.07) is 1.82. The van der Waals surface area contributed by atoms with E-state index in [-0.39, 0.29) is 5.69 Å². The Hall–Kier alpha value is -1.89. The third kappa shape index (κ3) is 2.60. The first-order valence-corrected chi connectivity index (χ1v) is 6.46. The Balaban J connectivity index is 2.41. The summed E-state index contributed by atoms with van der Waals surface area (Å²) in [5, 5.41) is 6.42. The molecule has 1 unspecified atom stereocenters. The molecule has 0 aromatic carbocycles. The first kappa shape index (κ1) is 13.5. The normalized spacial score (nSPS) is 12.8. The van der Waals surface area contributed by atoms with Gasteiger partial charge in [-0.3, -0.25) is 0 Å². The number of hydrogen-bond donors (Lipinski definition) is 2. The smallest absolute Gasteiger partial charge is 0.349 e. The maximum Gasteiger partial charge on any atom is 0.349 e. The molecule has 0 spiro atoms. The van der Waals surface area contributed by atoms with Crippen molar-refractivity contribution >= 4 is 11.5 Å². The van der Waals surface area contributed by atoms with Crippen LogP contribution >= 0.6 is 0 Å². The lowest BCUT2D eigenvalue weighted by molar-refractivity contribution is 0.572. The van der Waals surface area contributed by atoms with Crippen LogP contribution in [0.15, 0.2) is 10.9 Å². The highest BCUT2D eigenvalue weighted by Gasteiger charge is 2.13. The van der Waals surface area contributed by atoms with E-state index in [9.17, 15) is 4.79 Å². The molecule has 7 heteroatoms. The van der Waals surface area contributed by atoms with E-state index in [4.69, 9.17) is 5.73 Å². The minimum absolute atomic E-state index is 0.259. The van der Waals surface area contributed by atoms with Crippen LogP contribution in [0.25, 0.3) is 5.65 Å². The molecule has 0 aliphatic carbocycles. The van der Waals surface area contributed by atoms with Crippen LogP contribution in [0.5, 0.6) is 0 Å². The molecular formula is C12H20N6O. The highest BCUT2D eigenvalue weighted by Crippen LogP contribution is 2.15. The van der Waals surface area contributed by atoms with Gasteiger partial charge in [-0.2, -0.15) is 5.10 Å². The number of aromatic amines is 1. The van der Waals surface area contributed by atoms with E-state index in [0.717, 1.165) is 18.9 Å². The Morgan fingerprint density at radius 1 is 1.58 bits per heavy atom. The minimum Gasteiger partial charge on any atom is -0.356 e. The molecule has 0 aliphatic heterocycles. The third-order valence-corrected chi connectivity index (χ3v) is 3.20. The number of aryl methyl sites for hydroxylation is 1. The van der Waals surface area contributed by atoms with E-state index in [2.05, 4.69) is 33.9 Å². The number of fused-ring (bicyclic) bond motifs is 1. The van der Waals surface area contributed by atoms with Gasteiger partial charge in [0.05, 0.1) is 0 Å². The van der Waals surface area contributed by atoms with Crippen LogP contribution in [-0.2, 0) is 0 Å². The molecule has 0 radical (unpaired) electrons. The van der Waals surface area contributed by atoms with E-state index < -0.39 is 0 Å². The Bertz CT molecular complexity index is 616. The molecule has 0 saturated heterocycles. The molecule has 2 heterocycles. The lowest BCUT2D eigenvalue weighted by Crippen LogP contribution is -2.32. The summed E-state index contributed by atoms with van der Waals surface area (Å²) >= 11 is 0. The number of anilines is 1. The molecule has 0 saturated carbocycles. The molecule has 0 amide bonds. The van der Waals surface area contributed by atoms with E-state index in [1.807, 2.05) is 6.07 Å². The van der Waals surface area contributed by atoms with E-state index in [1.54, 1.807) is 6.92 Å². The molecule has 3 N–H and O–H groups in total. The van der Waals surface area contributed by atoms with E-state index in [1.165, 1.54) is 4.40 Å². The predicted molar refractivity (Wildman–Crippen MR) is 74.5 cm³/mol. The van der Waals surface area contributed by atoms with Crippen LogP contribution in [0.4, 0.5) is 5.82 Å². The topological polar surface area (TPSA) is 92.3 Å². The Kier molecular flexibility index (Phi) is 3.84. The van der Waals surface area contributed by atoms with Crippen molar-refractivity contribution < 1.29 is 0 Å². The fourth-order valence-electron chi connectivity index (χ4n) is 2.08. The van der Waals surface area contributed by atoms with E-state index in [0.29, 0.717) is 23.9 Å². The zero-order valence-corrected chi connectivity index (χ0v) is 11.6. The molecule has 2 rings (SSSR count). The second kappa shape index (κ2) is 5.40. The van der Waals surface area contributed by atoms with Gasteiger partial charge in [0.25, 0.3) is 0 Å². The van der Waals surface area contributed by atoms with Crippen molar-refractivity contribution in [1.29, 1.82) is 0 Å². The van der Waals surface area contributed by atoms with Gasteiger partial charge in [0.1, 0.15) is 11.6 Å². The average Bonchev–Trinajstić information content (AvgIpc) is 2.77. The van der Waals surface area contributed by atoms with Crippen molar-refractivity contribution in [2.24, 2.45) is 11.7 Å². The van der Waals surface area contributed by atoms with Crippen molar-refractivity contribution in [3.8, 4) is 0 Å². The Morgan fingerprint density at radius 2 is 2.32 bits per heavy atom. The molecule has 104 valence electrons. The van der Waals surface area contributed by atoms with Crippen molar-refractivity contribution in [3.05, 3.63) is 22.4 Å². The number of nitrogens with one attached hydrogen (secondary N) is 1. The monoisotopic (exact) mass is 264 g/mol. The predicted octanol–water partition coefficient (Wildman–Crippen LogP) is 0.147. The maximum atomic E-state index is 11.5. The maximum absolute atomic E-state index is 11.5. The molecular weight excluding hydrogens is 244 g/mol. The van der Waals surface area contributed by atoms with Crippen LogP contribution in [-0.4, -0.2) is 39.2 Å². The number of rotatable bonds is 5. The molecule has 7 nitrogen and oxygen atoms in total. The van der Waals surface area contributed by atoms with Gasteiger partial charge >= 0.3 is 5.69 Å². The second-order valence-corrected chi connectivity index (χ2v) is 4.76. The minimum atomic E-state index is -0.259. The first-order valence-electron chi connectivity index (χ1n) is 6.46. The van der Waals surface area contributed by atoms with Crippen LogP contribution in [0.3, 0.4) is 0 Å². The molecule has 1 atom stereocenters. The zero-order valence-electron chi connectivity index (χ0n) is 11.6. The standard InChI is InChI=1S/C12H20N6O/c1-4-17(7-8(2)6-13)10-5-11-15-16-12(19)18(11)9(3)14-10/h5,8H,4,6-7,13H2,1-3H3,(H,16,19). The summed E-state index contributed by atoms with van der Waals surface area (Å²) in [6.45, 7) is 8.29. The molecule has 0 aliphatic rings. The third-order valence-electron chi connectivity index (χ3n) is 3.20. The van der Waals surface area contributed by atoms with Gasteiger partial charge in [-0.15, -0.1) is 0 Å². The van der Waals surface area contributed by atoms with Crippen LogP contribution < -0.4 is 16.3 Å². The van der Waals surface area contributed by atoms with E-state index >= 15 is 0 Å². The zero-order chi connectivity index (χ0) is 14.0. The molecule has 19 heavy (non-hydrogen) atoms. The van der Waals surface area contributed by atoms with Crippen molar-refractivity contribution in [2.75, 3.05) is 24.5 Å². The second-order valence-electron chi connectivity index (χ2n) is 4.76. The van der Waals surface area contributed by atoms with Gasteiger partial charge in [-0.25, -0.2) is 19.3 Å². The van der Waals surface area contributed by atoms with Gasteiger partial charge in [0, 0.05) is 19.2 Å². The van der Waals surface area contributed by atoms with Gasteiger partial charge in [0.15, 0.2) is 5.65 Å². The van der Waals surface area contributed by atoms with Gasteiger partial charge in [0.2, 0.25) is 0 Å². The van der Waals surface area contributed by atoms with Gasteiger partial charge in [-0.05, 0) is 26.3 Å². The summed E-state index contributed by atoms with van der Waals surface area (Å²) in [5.74, 6) is 1.84. The fraction of sp³-hybridized carbons (Fsp3) is 0.583. The van der Waals surface area contributed by atoms with Crippen LogP contribution in [0.1, 0.15) is 19.7 Å². The highest BCUT2D eigenvalue weighted by molar-refractivity contribution is 5.51. The summed E-state index contributed by atoms with van der Waals surface area (Å²) in [7, 11) is 0. The average molecular weight is 264 g/mol. The Morgan fingerprint density at radius 3 is 2.95 bits per heavy atom. The first-order chi connectivity index (χ1) is 9.06. The lowest BCUT2D eigenvalue weighted by Gasteiger charge is -2.25. The van der Waals surface area contributed by atoms with Crippen molar-refractivity contribution in [3.63, 3.8) is 0 Å². The van der Waals surface area contributed by atoms with Crippen molar-refractivity contribution in [2.45, 2.75) is 20.8 Å². The van der Waals surface area contributed by atoms with Crippen LogP contribution in [0.2, 0.25) is 0 Å². The van der Waals surface area contributed by atoms with Gasteiger partial charge in [-0.1, -0.05) is 6.92 Å². The fourth-order valence-corrected chi connectivity index (χ4v) is 2.08. The summed E-state index contributed by atoms with van der Waals surface area (Å²) in [4.78, 5) is 18.2. The number of aromatic nitrogens is 4. The largest absolute Gasteiger partial charge is 0.356 e. The lowest BCUT2D eigenvalue weighted by atomic mass is 10.1. The Labute approximate surface area is 111 Å². The molecule has 2 aromatic heterocycles.